The molecule has 0 bridgehead atoms. The third-order valence-corrected chi connectivity index (χ3v) is 4.82. The van der Waals surface area contributed by atoms with Crippen LogP contribution in [0.4, 0.5) is 19.0 Å². The molecule has 0 spiro atoms. The van der Waals surface area contributed by atoms with E-state index in [4.69, 9.17) is 0 Å². The zero-order valence-electron chi connectivity index (χ0n) is 14.8. The molecule has 0 atom stereocenters. The first-order valence-corrected chi connectivity index (χ1v) is 8.72. The molecule has 0 radical (unpaired) electrons. The van der Waals surface area contributed by atoms with Crippen molar-refractivity contribution >= 4 is 11.5 Å². The largest absolute Gasteiger partial charge is 0.573 e. The Balaban J connectivity index is 1.61. The van der Waals surface area contributed by atoms with E-state index in [0.717, 1.165) is 43.1 Å². The standard InChI is InChI=1S/C19H19F3N4O/c1-25-6-8-26(9-7-25)17-10-13(4-5-23-17)18-16-11-15(27-19(20,21)22)3-2-14(16)12-24-18/h2-5,10-11H,6-9,12H2,1H3. The van der Waals surface area contributed by atoms with Gasteiger partial charge in [-0.25, -0.2) is 4.98 Å². The number of halogens is 3. The third-order valence-electron chi connectivity index (χ3n) is 4.82. The Labute approximate surface area is 155 Å². The highest BCUT2D eigenvalue weighted by molar-refractivity contribution is 6.15. The highest BCUT2D eigenvalue weighted by Crippen LogP contribution is 2.30. The number of aromatic nitrogens is 1. The van der Waals surface area contributed by atoms with Crippen molar-refractivity contribution in [2.75, 3.05) is 38.1 Å². The van der Waals surface area contributed by atoms with Gasteiger partial charge < -0.3 is 14.5 Å². The number of rotatable bonds is 3. The number of pyridine rings is 1. The Bertz CT molecular complexity index is 873. The highest BCUT2D eigenvalue weighted by Gasteiger charge is 2.32. The number of benzene rings is 1. The topological polar surface area (TPSA) is 41.0 Å². The molecule has 3 heterocycles. The number of aliphatic imine (C=N–C) groups is 1. The van der Waals surface area contributed by atoms with Gasteiger partial charge in [-0.15, -0.1) is 13.2 Å². The molecule has 1 aromatic heterocycles. The molecule has 0 saturated carbocycles. The van der Waals surface area contributed by atoms with Gasteiger partial charge in [-0.2, -0.15) is 0 Å². The van der Waals surface area contributed by atoms with E-state index in [0.29, 0.717) is 17.8 Å². The van der Waals surface area contributed by atoms with Crippen molar-refractivity contribution < 1.29 is 17.9 Å². The van der Waals surface area contributed by atoms with Gasteiger partial charge in [-0.3, -0.25) is 4.99 Å². The molecule has 2 aromatic rings. The average molecular weight is 376 g/mol. The van der Waals surface area contributed by atoms with Crippen molar-refractivity contribution in [1.29, 1.82) is 0 Å². The highest BCUT2D eigenvalue weighted by atomic mass is 19.4. The fourth-order valence-electron chi connectivity index (χ4n) is 3.38. The molecule has 1 fully saturated rings. The van der Waals surface area contributed by atoms with Crippen LogP contribution in [0.25, 0.3) is 0 Å². The van der Waals surface area contributed by atoms with E-state index in [1.807, 2.05) is 12.1 Å². The predicted molar refractivity (Wildman–Crippen MR) is 96.4 cm³/mol. The normalized spacial score (nSPS) is 17.6. The number of likely N-dealkylation sites (N-methyl/N-ethyl adjacent to an activating group) is 1. The van der Waals surface area contributed by atoms with E-state index < -0.39 is 6.36 Å². The van der Waals surface area contributed by atoms with Crippen LogP contribution >= 0.6 is 0 Å². The van der Waals surface area contributed by atoms with E-state index >= 15 is 0 Å². The monoisotopic (exact) mass is 376 g/mol. The van der Waals surface area contributed by atoms with Crippen molar-refractivity contribution in [2.45, 2.75) is 12.9 Å². The van der Waals surface area contributed by atoms with E-state index in [2.05, 4.69) is 31.6 Å². The summed E-state index contributed by atoms with van der Waals surface area (Å²) in [4.78, 5) is 13.5. The Kier molecular flexibility index (Phi) is 4.51. The second-order valence-electron chi connectivity index (χ2n) is 6.72. The van der Waals surface area contributed by atoms with Crippen LogP contribution in [0.1, 0.15) is 16.7 Å². The van der Waals surface area contributed by atoms with Gasteiger partial charge in [0.05, 0.1) is 12.3 Å². The Morgan fingerprint density at radius 2 is 1.81 bits per heavy atom. The summed E-state index contributed by atoms with van der Waals surface area (Å²) in [6.07, 6.45) is -2.99. The maximum Gasteiger partial charge on any atom is 0.573 e. The molecule has 8 heteroatoms. The molecule has 27 heavy (non-hydrogen) atoms. The maximum atomic E-state index is 12.5. The second kappa shape index (κ2) is 6.84. The van der Waals surface area contributed by atoms with Crippen molar-refractivity contribution in [2.24, 2.45) is 4.99 Å². The first kappa shape index (κ1) is 17.8. The van der Waals surface area contributed by atoms with Crippen molar-refractivity contribution in [1.82, 2.24) is 9.88 Å². The molecule has 1 saturated heterocycles. The number of hydrogen-bond acceptors (Lipinski definition) is 5. The lowest BCUT2D eigenvalue weighted by Crippen LogP contribution is -2.44. The summed E-state index contributed by atoms with van der Waals surface area (Å²) in [7, 11) is 2.09. The smallest absolute Gasteiger partial charge is 0.406 e. The lowest BCUT2D eigenvalue weighted by atomic mass is 10.0. The lowest BCUT2D eigenvalue weighted by molar-refractivity contribution is -0.274. The van der Waals surface area contributed by atoms with Crippen molar-refractivity contribution in [3.63, 3.8) is 0 Å². The summed E-state index contributed by atoms with van der Waals surface area (Å²) in [6, 6.07) is 8.16. The summed E-state index contributed by atoms with van der Waals surface area (Å²) >= 11 is 0. The SMILES string of the molecule is CN1CCN(c2cc(C3=NCc4ccc(OC(F)(F)F)cc43)ccn2)CC1. The van der Waals surface area contributed by atoms with Crippen LogP contribution < -0.4 is 9.64 Å². The number of hydrogen-bond donors (Lipinski definition) is 0. The molecular weight excluding hydrogens is 357 g/mol. The van der Waals surface area contributed by atoms with E-state index in [1.165, 1.54) is 12.1 Å². The first-order chi connectivity index (χ1) is 12.9. The summed E-state index contributed by atoms with van der Waals surface area (Å²) in [5.74, 6) is 0.628. The second-order valence-corrected chi connectivity index (χ2v) is 6.72. The number of ether oxygens (including phenoxy) is 1. The number of anilines is 1. The summed E-state index contributed by atoms with van der Waals surface area (Å²) in [6.45, 7) is 4.16. The Morgan fingerprint density at radius 3 is 2.56 bits per heavy atom. The molecule has 0 unspecified atom stereocenters. The zero-order chi connectivity index (χ0) is 19.0. The molecule has 2 aliphatic heterocycles. The van der Waals surface area contributed by atoms with Crippen LogP contribution in [0.5, 0.6) is 5.75 Å². The minimum atomic E-state index is -4.71. The van der Waals surface area contributed by atoms with Gasteiger partial charge in [0.15, 0.2) is 0 Å². The minimum absolute atomic E-state index is 0.232. The molecule has 142 valence electrons. The molecule has 1 aromatic carbocycles. The zero-order valence-corrected chi connectivity index (χ0v) is 14.8. The first-order valence-electron chi connectivity index (χ1n) is 8.72. The Hall–Kier alpha value is -2.61. The van der Waals surface area contributed by atoms with E-state index in [-0.39, 0.29) is 5.75 Å². The van der Waals surface area contributed by atoms with Crippen LogP contribution in [-0.4, -0.2) is 55.2 Å². The third kappa shape index (κ3) is 3.90. The summed E-state index contributed by atoms with van der Waals surface area (Å²) in [5.41, 5.74) is 3.09. The van der Waals surface area contributed by atoms with Crippen LogP contribution in [0.15, 0.2) is 41.5 Å². The molecule has 4 rings (SSSR count). The minimum Gasteiger partial charge on any atom is -0.406 e. The van der Waals surface area contributed by atoms with Gasteiger partial charge in [0.1, 0.15) is 11.6 Å². The van der Waals surface area contributed by atoms with Gasteiger partial charge in [0, 0.05) is 43.5 Å². The Morgan fingerprint density at radius 1 is 1.04 bits per heavy atom. The molecule has 2 aliphatic rings. The van der Waals surface area contributed by atoms with Crippen LogP contribution in [0.2, 0.25) is 0 Å². The van der Waals surface area contributed by atoms with E-state index in [1.54, 1.807) is 12.3 Å². The van der Waals surface area contributed by atoms with Gasteiger partial charge in [-0.05, 0) is 36.9 Å². The number of fused-ring (bicyclic) bond motifs is 1. The number of alkyl halides is 3. The molecule has 0 aliphatic carbocycles. The summed E-state index contributed by atoms with van der Waals surface area (Å²) < 4.78 is 41.6. The number of piperazine rings is 1. The van der Waals surface area contributed by atoms with Gasteiger partial charge in [-0.1, -0.05) is 6.07 Å². The molecule has 0 amide bonds. The molecule has 0 N–H and O–H groups in total. The lowest BCUT2D eigenvalue weighted by Gasteiger charge is -2.33. The van der Waals surface area contributed by atoms with E-state index in [9.17, 15) is 13.2 Å². The predicted octanol–water partition coefficient (Wildman–Crippen LogP) is 3.08. The van der Waals surface area contributed by atoms with Crippen LogP contribution in [-0.2, 0) is 6.54 Å². The van der Waals surface area contributed by atoms with Crippen molar-refractivity contribution in [3.8, 4) is 5.75 Å². The fourth-order valence-corrected chi connectivity index (χ4v) is 3.38. The van der Waals surface area contributed by atoms with Gasteiger partial charge >= 0.3 is 6.36 Å². The average Bonchev–Trinajstić information content (AvgIpc) is 3.04. The molecule has 5 nitrogen and oxygen atoms in total. The number of nitrogens with zero attached hydrogens (tertiary/aromatic N) is 4. The van der Waals surface area contributed by atoms with Crippen molar-refractivity contribution in [3.05, 3.63) is 53.2 Å². The van der Waals surface area contributed by atoms with Crippen LogP contribution in [0, 0.1) is 0 Å². The molecular formula is C19H19F3N4O. The quantitative estimate of drug-likeness (QED) is 0.826. The summed E-state index contributed by atoms with van der Waals surface area (Å²) in [5, 5.41) is 0. The fraction of sp³-hybridized carbons (Fsp3) is 0.368. The maximum absolute atomic E-state index is 12.5. The van der Waals surface area contributed by atoms with Gasteiger partial charge in [0.2, 0.25) is 0 Å². The van der Waals surface area contributed by atoms with Crippen LogP contribution in [0.3, 0.4) is 0 Å². The van der Waals surface area contributed by atoms with Gasteiger partial charge in [0.25, 0.3) is 0 Å².